The lowest BCUT2D eigenvalue weighted by Crippen LogP contribution is -2.26. The molecule has 2 heteroatoms. The van der Waals surface area contributed by atoms with E-state index in [1.54, 1.807) is 0 Å². The van der Waals surface area contributed by atoms with Crippen molar-refractivity contribution >= 4 is 15.9 Å². The van der Waals surface area contributed by atoms with Crippen LogP contribution in [-0.4, -0.2) is 0 Å². The number of rotatable bonds is 3. The van der Waals surface area contributed by atoms with E-state index >= 15 is 0 Å². The molecule has 1 saturated carbocycles. The molecule has 1 aromatic rings. The quantitative estimate of drug-likeness (QED) is 0.837. The van der Waals surface area contributed by atoms with E-state index in [4.69, 9.17) is 5.73 Å². The first-order valence-corrected chi connectivity index (χ1v) is 7.92. The van der Waals surface area contributed by atoms with Crippen molar-refractivity contribution in [3.8, 4) is 0 Å². The molecule has 0 aliphatic heterocycles. The molecular weight excluding hydrogens is 286 g/mol. The van der Waals surface area contributed by atoms with E-state index in [9.17, 15) is 0 Å². The van der Waals surface area contributed by atoms with Gasteiger partial charge in [-0.25, -0.2) is 0 Å². The summed E-state index contributed by atoms with van der Waals surface area (Å²) in [5, 5.41) is 0. The lowest BCUT2D eigenvalue weighted by molar-refractivity contribution is 0.230. The summed E-state index contributed by atoms with van der Waals surface area (Å²) in [6.45, 7) is 4.44. The van der Waals surface area contributed by atoms with Crippen LogP contribution in [0.1, 0.15) is 56.2 Å². The standard InChI is InChI=1S/C16H24BrN/c1-3-12-5-4-6-13(9-12)16(18)14-7-11(2)8-15(17)10-14/h7-8,10,12-13,16H,3-6,9,18H2,1-2H3. The second-order valence-corrected chi connectivity index (χ2v) is 6.70. The average molecular weight is 310 g/mol. The van der Waals surface area contributed by atoms with Gasteiger partial charge in [0.05, 0.1) is 0 Å². The van der Waals surface area contributed by atoms with Gasteiger partial charge in [0, 0.05) is 10.5 Å². The van der Waals surface area contributed by atoms with Crippen molar-refractivity contribution in [3.05, 3.63) is 33.8 Å². The summed E-state index contributed by atoms with van der Waals surface area (Å²) in [6, 6.07) is 6.78. The first-order chi connectivity index (χ1) is 8.60. The summed E-state index contributed by atoms with van der Waals surface area (Å²) in [7, 11) is 0. The molecule has 1 aliphatic rings. The number of aryl methyl sites for hydroxylation is 1. The molecule has 1 aliphatic carbocycles. The van der Waals surface area contributed by atoms with Crippen molar-refractivity contribution < 1.29 is 0 Å². The Labute approximate surface area is 119 Å². The van der Waals surface area contributed by atoms with Crippen LogP contribution in [0.15, 0.2) is 22.7 Å². The van der Waals surface area contributed by atoms with E-state index in [2.05, 4.69) is 48.0 Å². The molecule has 3 atom stereocenters. The van der Waals surface area contributed by atoms with E-state index < -0.39 is 0 Å². The molecule has 0 radical (unpaired) electrons. The average Bonchev–Trinajstić information content (AvgIpc) is 2.37. The van der Waals surface area contributed by atoms with Crippen LogP contribution in [-0.2, 0) is 0 Å². The van der Waals surface area contributed by atoms with Gasteiger partial charge in [-0.2, -0.15) is 0 Å². The van der Waals surface area contributed by atoms with Crippen LogP contribution in [0, 0.1) is 18.8 Å². The maximum atomic E-state index is 6.50. The summed E-state index contributed by atoms with van der Waals surface area (Å²) >= 11 is 3.58. The molecule has 1 fully saturated rings. The van der Waals surface area contributed by atoms with Crippen LogP contribution in [0.25, 0.3) is 0 Å². The Morgan fingerprint density at radius 3 is 2.78 bits per heavy atom. The lowest BCUT2D eigenvalue weighted by atomic mass is 9.75. The third-order valence-electron chi connectivity index (χ3n) is 4.36. The highest BCUT2D eigenvalue weighted by Gasteiger charge is 2.26. The second-order valence-electron chi connectivity index (χ2n) is 5.79. The first-order valence-electron chi connectivity index (χ1n) is 7.12. The Balaban J connectivity index is 2.12. The van der Waals surface area contributed by atoms with Gasteiger partial charge in [-0.15, -0.1) is 0 Å². The van der Waals surface area contributed by atoms with Crippen LogP contribution in [0.3, 0.4) is 0 Å². The molecule has 1 aromatic carbocycles. The maximum absolute atomic E-state index is 6.50. The lowest BCUT2D eigenvalue weighted by Gasteiger charge is -2.32. The molecule has 0 saturated heterocycles. The van der Waals surface area contributed by atoms with Gasteiger partial charge >= 0.3 is 0 Å². The fourth-order valence-electron chi connectivity index (χ4n) is 3.26. The largest absolute Gasteiger partial charge is 0.324 e. The Kier molecular flexibility index (Phi) is 4.85. The van der Waals surface area contributed by atoms with E-state index in [0.29, 0.717) is 5.92 Å². The number of benzene rings is 1. The van der Waals surface area contributed by atoms with Gasteiger partial charge in [-0.1, -0.05) is 48.2 Å². The van der Waals surface area contributed by atoms with Gasteiger partial charge < -0.3 is 5.73 Å². The summed E-state index contributed by atoms with van der Waals surface area (Å²) in [6.07, 6.45) is 6.66. The predicted molar refractivity (Wildman–Crippen MR) is 81.5 cm³/mol. The van der Waals surface area contributed by atoms with Crippen molar-refractivity contribution in [1.29, 1.82) is 0 Å². The fourth-order valence-corrected chi connectivity index (χ4v) is 3.88. The molecule has 3 unspecified atom stereocenters. The molecule has 0 bridgehead atoms. The van der Waals surface area contributed by atoms with Crippen LogP contribution in [0.2, 0.25) is 0 Å². The van der Waals surface area contributed by atoms with Crippen LogP contribution < -0.4 is 5.73 Å². The minimum Gasteiger partial charge on any atom is -0.324 e. The van der Waals surface area contributed by atoms with Gasteiger partial charge in [-0.3, -0.25) is 0 Å². The summed E-state index contributed by atoms with van der Waals surface area (Å²) < 4.78 is 1.15. The fraction of sp³-hybridized carbons (Fsp3) is 0.625. The smallest absolute Gasteiger partial charge is 0.0324 e. The van der Waals surface area contributed by atoms with Crippen molar-refractivity contribution in [3.63, 3.8) is 0 Å². The molecule has 18 heavy (non-hydrogen) atoms. The van der Waals surface area contributed by atoms with Crippen LogP contribution in [0.5, 0.6) is 0 Å². The van der Waals surface area contributed by atoms with Gasteiger partial charge in [0.15, 0.2) is 0 Å². The van der Waals surface area contributed by atoms with Crippen molar-refractivity contribution in [2.24, 2.45) is 17.6 Å². The zero-order valence-corrected chi connectivity index (χ0v) is 13.0. The normalized spacial score (nSPS) is 26.0. The maximum Gasteiger partial charge on any atom is 0.0324 e. The van der Waals surface area contributed by atoms with E-state index in [1.807, 2.05) is 0 Å². The van der Waals surface area contributed by atoms with Gasteiger partial charge in [0.2, 0.25) is 0 Å². The molecule has 0 heterocycles. The molecule has 0 amide bonds. The number of halogens is 1. The van der Waals surface area contributed by atoms with Crippen molar-refractivity contribution in [2.45, 2.75) is 52.0 Å². The second kappa shape index (κ2) is 6.21. The van der Waals surface area contributed by atoms with Crippen LogP contribution >= 0.6 is 15.9 Å². The highest BCUT2D eigenvalue weighted by Crippen LogP contribution is 2.37. The molecule has 2 N–H and O–H groups in total. The highest BCUT2D eigenvalue weighted by atomic mass is 79.9. The molecule has 1 nitrogen and oxygen atoms in total. The zero-order valence-electron chi connectivity index (χ0n) is 11.5. The van der Waals surface area contributed by atoms with Crippen molar-refractivity contribution in [1.82, 2.24) is 0 Å². The highest BCUT2D eigenvalue weighted by molar-refractivity contribution is 9.10. The molecule has 100 valence electrons. The van der Waals surface area contributed by atoms with E-state index in [1.165, 1.54) is 43.2 Å². The summed E-state index contributed by atoms with van der Waals surface area (Å²) in [5.74, 6) is 1.56. The Bertz CT molecular complexity index is 382. The Morgan fingerprint density at radius 2 is 2.11 bits per heavy atom. The summed E-state index contributed by atoms with van der Waals surface area (Å²) in [4.78, 5) is 0. The van der Waals surface area contributed by atoms with Crippen LogP contribution in [0.4, 0.5) is 0 Å². The molecule has 0 spiro atoms. The third kappa shape index (κ3) is 3.36. The molecular formula is C16H24BrN. The Morgan fingerprint density at radius 1 is 1.33 bits per heavy atom. The summed E-state index contributed by atoms with van der Waals surface area (Å²) in [5.41, 5.74) is 9.09. The number of hydrogen-bond acceptors (Lipinski definition) is 1. The van der Waals surface area contributed by atoms with Gasteiger partial charge in [0.1, 0.15) is 0 Å². The minimum atomic E-state index is 0.204. The monoisotopic (exact) mass is 309 g/mol. The zero-order chi connectivity index (χ0) is 13.1. The number of hydrogen-bond donors (Lipinski definition) is 1. The van der Waals surface area contributed by atoms with Crippen molar-refractivity contribution in [2.75, 3.05) is 0 Å². The SMILES string of the molecule is CCC1CCCC(C(N)c2cc(C)cc(Br)c2)C1. The van der Waals surface area contributed by atoms with E-state index in [-0.39, 0.29) is 6.04 Å². The molecule has 2 rings (SSSR count). The number of nitrogens with two attached hydrogens (primary N) is 1. The first kappa shape index (κ1) is 14.1. The molecule has 0 aromatic heterocycles. The predicted octanol–water partition coefficient (Wildman–Crippen LogP) is 4.97. The van der Waals surface area contributed by atoms with Gasteiger partial charge in [0.25, 0.3) is 0 Å². The van der Waals surface area contributed by atoms with Gasteiger partial charge in [-0.05, 0) is 54.9 Å². The third-order valence-corrected chi connectivity index (χ3v) is 4.82. The topological polar surface area (TPSA) is 26.0 Å². The minimum absolute atomic E-state index is 0.204. The van der Waals surface area contributed by atoms with E-state index in [0.717, 1.165) is 10.4 Å². The Hall–Kier alpha value is -0.340.